The minimum absolute atomic E-state index is 0.0242. The van der Waals surface area contributed by atoms with Gasteiger partial charge in [-0.2, -0.15) is 0 Å². The maximum atomic E-state index is 11.6. The van der Waals surface area contributed by atoms with Gasteiger partial charge in [-0.1, -0.05) is 42.1 Å². The van der Waals surface area contributed by atoms with Gasteiger partial charge in [0, 0.05) is 30.5 Å². The molecule has 9 heteroatoms. The highest BCUT2D eigenvalue weighted by molar-refractivity contribution is 7.98. The average Bonchev–Trinajstić information content (AvgIpc) is 3.22. The molecular formula is C19H18N4O4S. The Labute approximate surface area is 165 Å². The molecular weight excluding hydrogens is 380 g/mol. The van der Waals surface area contributed by atoms with Gasteiger partial charge in [0.2, 0.25) is 5.89 Å². The highest BCUT2D eigenvalue weighted by Gasteiger charge is 2.23. The van der Waals surface area contributed by atoms with Crippen molar-refractivity contribution >= 4 is 23.1 Å². The van der Waals surface area contributed by atoms with Crippen LogP contribution in [0.1, 0.15) is 5.56 Å². The molecule has 144 valence electrons. The summed E-state index contributed by atoms with van der Waals surface area (Å²) in [4.78, 5) is 13.2. The van der Waals surface area contributed by atoms with E-state index in [0.717, 1.165) is 5.56 Å². The summed E-state index contributed by atoms with van der Waals surface area (Å²) >= 11 is 1.43. The summed E-state index contributed by atoms with van der Waals surface area (Å²) in [6.45, 7) is 2.37. The first-order chi connectivity index (χ1) is 13.7. The summed E-state index contributed by atoms with van der Waals surface area (Å²) in [5.74, 6) is 0.977. The molecule has 3 aromatic rings. The predicted octanol–water partition coefficient (Wildman–Crippen LogP) is 3.77. The second kappa shape index (κ2) is 8.41. The molecule has 0 bridgehead atoms. The molecule has 1 aromatic heterocycles. The highest BCUT2D eigenvalue weighted by Crippen LogP contribution is 2.34. The molecule has 0 saturated carbocycles. The van der Waals surface area contributed by atoms with E-state index >= 15 is 0 Å². The third-order valence-corrected chi connectivity index (χ3v) is 5.27. The standard InChI is InChI=1S/C19H18N4O4S/c24-23(25)17-12-15(6-7-16(17)22-8-10-26-11-9-22)18-20-21-19(27-18)28-13-14-4-2-1-3-5-14/h1-7,12H,8-11,13H2. The number of hydrogen-bond donors (Lipinski definition) is 0. The Bertz CT molecular complexity index is 958. The molecule has 0 amide bonds. The largest absolute Gasteiger partial charge is 0.411 e. The van der Waals surface area contributed by atoms with Gasteiger partial charge in [0.1, 0.15) is 5.69 Å². The van der Waals surface area contributed by atoms with E-state index < -0.39 is 0 Å². The number of nitrogens with zero attached hydrogens (tertiary/aromatic N) is 4. The maximum Gasteiger partial charge on any atom is 0.293 e. The van der Waals surface area contributed by atoms with Crippen molar-refractivity contribution in [3.63, 3.8) is 0 Å². The van der Waals surface area contributed by atoms with Gasteiger partial charge >= 0.3 is 0 Å². The minimum atomic E-state index is -0.379. The van der Waals surface area contributed by atoms with Crippen molar-refractivity contribution in [3.8, 4) is 11.5 Å². The lowest BCUT2D eigenvalue weighted by Gasteiger charge is -2.28. The van der Waals surface area contributed by atoms with E-state index in [1.54, 1.807) is 12.1 Å². The third kappa shape index (κ3) is 4.15. The molecule has 8 nitrogen and oxygen atoms in total. The van der Waals surface area contributed by atoms with E-state index in [-0.39, 0.29) is 16.5 Å². The summed E-state index contributed by atoms with van der Waals surface area (Å²) in [6.07, 6.45) is 0. The van der Waals surface area contributed by atoms with Crippen LogP contribution in [0.4, 0.5) is 11.4 Å². The topological polar surface area (TPSA) is 94.5 Å². The second-order valence-electron chi connectivity index (χ2n) is 6.21. The van der Waals surface area contributed by atoms with Gasteiger partial charge in [-0.25, -0.2) is 0 Å². The second-order valence-corrected chi connectivity index (χ2v) is 7.13. The molecule has 1 aliphatic rings. The lowest BCUT2D eigenvalue weighted by atomic mass is 10.1. The van der Waals surface area contributed by atoms with Crippen LogP contribution in [0.15, 0.2) is 58.2 Å². The van der Waals surface area contributed by atoms with Crippen molar-refractivity contribution in [3.05, 3.63) is 64.2 Å². The lowest BCUT2D eigenvalue weighted by Crippen LogP contribution is -2.36. The Hall–Kier alpha value is -2.91. The Morgan fingerprint density at radius 3 is 2.64 bits per heavy atom. The number of ether oxygens (including phenoxy) is 1. The summed E-state index contributed by atoms with van der Waals surface area (Å²) in [5, 5.41) is 20.1. The molecule has 1 saturated heterocycles. The SMILES string of the molecule is O=[N+]([O-])c1cc(-c2nnc(SCc3ccccc3)o2)ccc1N1CCOCC1. The van der Waals surface area contributed by atoms with Crippen molar-refractivity contribution in [1.29, 1.82) is 0 Å². The summed E-state index contributed by atoms with van der Waals surface area (Å²) < 4.78 is 11.0. The molecule has 0 radical (unpaired) electrons. The van der Waals surface area contributed by atoms with Crippen LogP contribution >= 0.6 is 11.8 Å². The molecule has 0 unspecified atom stereocenters. The fourth-order valence-electron chi connectivity index (χ4n) is 2.98. The number of nitro benzene ring substituents is 1. The number of morpholine rings is 1. The van der Waals surface area contributed by atoms with E-state index in [4.69, 9.17) is 9.15 Å². The van der Waals surface area contributed by atoms with Gasteiger partial charge in [0.25, 0.3) is 10.9 Å². The fraction of sp³-hybridized carbons (Fsp3) is 0.263. The van der Waals surface area contributed by atoms with Crippen LogP contribution in [0.25, 0.3) is 11.5 Å². The van der Waals surface area contributed by atoms with Gasteiger partial charge < -0.3 is 14.1 Å². The van der Waals surface area contributed by atoms with Crippen LogP contribution in [0.5, 0.6) is 0 Å². The van der Waals surface area contributed by atoms with Gasteiger partial charge in [0.05, 0.1) is 18.1 Å². The number of anilines is 1. The zero-order valence-electron chi connectivity index (χ0n) is 15.0. The molecule has 1 aliphatic heterocycles. The average molecular weight is 398 g/mol. The van der Waals surface area contributed by atoms with Crippen molar-refractivity contribution in [1.82, 2.24) is 10.2 Å². The number of thioether (sulfide) groups is 1. The monoisotopic (exact) mass is 398 g/mol. The molecule has 0 aliphatic carbocycles. The number of hydrogen-bond acceptors (Lipinski definition) is 8. The number of aromatic nitrogens is 2. The molecule has 4 rings (SSSR count). The van der Waals surface area contributed by atoms with Crippen LogP contribution in [0.2, 0.25) is 0 Å². The minimum Gasteiger partial charge on any atom is -0.411 e. The molecule has 0 atom stereocenters. The van der Waals surface area contributed by atoms with Crippen molar-refractivity contribution < 1.29 is 14.1 Å². The van der Waals surface area contributed by atoms with Gasteiger partial charge in [-0.3, -0.25) is 10.1 Å². The Morgan fingerprint density at radius 2 is 1.89 bits per heavy atom. The third-order valence-electron chi connectivity index (χ3n) is 4.38. The predicted molar refractivity (Wildman–Crippen MR) is 105 cm³/mol. The van der Waals surface area contributed by atoms with Gasteiger partial charge in [-0.15, -0.1) is 10.2 Å². The van der Waals surface area contributed by atoms with E-state index in [1.165, 1.54) is 17.8 Å². The van der Waals surface area contributed by atoms with E-state index in [9.17, 15) is 10.1 Å². The van der Waals surface area contributed by atoms with Gasteiger partial charge in [-0.05, 0) is 17.7 Å². The van der Waals surface area contributed by atoms with Crippen molar-refractivity contribution in [2.24, 2.45) is 0 Å². The van der Waals surface area contributed by atoms with Crippen LogP contribution in [-0.4, -0.2) is 41.4 Å². The van der Waals surface area contributed by atoms with Crippen LogP contribution < -0.4 is 4.90 Å². The van der Waals surface area contributed by atoms with Crippen LogP contribution in [0.3, 0.4) is 0 Å². The van der Waals surface area contributed by atoms with E-state index in [1.807, 2.05) is 35.2 Å². The quantitative estimate of drug-likeness (QED) is 0.352. The van der Waals surface area contributed by atoms with E-state index in [2.05, 4.69) is 10.2 Å². The summed E-state index contributed by atoms with van der Waals surface area (Å²) in [5.41, 5.74) is 2.28. The smallest absolute Gasteiger partial charge is 0.293 e. The molecule has 2 aromatic carbocycles. The molecule has 2 heterocycles. The van der Waals surface area contributed by atoms with E-state index in [0.29, 0.717) is 48.5 Å². The fourth-order valence-corrected chi connectivity index (χ4v) is 3.70. The number of benzene rings is 2. The first kappa shape index (κ1) is 18.5. The molecule has 0 spiro atoms. The molecule has 0 N–H and O–H groups in total. The highest BCUT2D eigenvalue weighted by atomic mass is 32.2. The molecule has 1 fully saturated rings. The zero-order valence-corrected chi connectivity index (χ0v) is 15.8. The lowest BCUT2D eigenvalue weighted by molar-refractivity contribution is -0.384. The van der Waals surface area contributed by atoms with Crippen LogP contribution in [0, 0.1) is 10.1 Å². The number of rotatable bonds is 6. The maximum absolute atomic E-state index is 11.6. The molecule has 28 heavy (non-hydrogen) atoms. The normalized spacial score (nSPS) is 14.2. The van der Waals surface area contributed by atoms with Crippen molar-refractivity contribution in [2.75, 3.05) is 31.2 Å². The first-order valence-electron chi connectivity index (χ1n) is 8.82. The Balaban J connectivity index is 1.53. The van der Waals surface area contributed by atoms with Gasteiger partial charge in [0.15, 0.2) is 0 Å². The first-order valence-corrected chi connectivity index (χ1v) is 9.81. The van der Waals surface area contributed by atoms with Crippen molar-refractivity contribution in [2.45, 2.75) is 11.0 Å². The Kier molecular flexibility index (Phi) is 5.54. The Morgan fingerprint density at radius 1 is 1.11 bits per heavy atom. The summed E-state index contributed by atoms with van der Waals surface area (Å²) in [6, 6.07) is 15.0. The zero-order chi connectivity index (χ0) is 19.3. The number of nitro groups is 1. The summed E-state index contributed by atoms with van der Waals surface area (Å²) in [7, 11) is 0. The van der Waals surface area contributed by atoms with Crippen LogP contribution in [-0.2, 0) is 10.5 Å².